The highest BCUT2D eigenvalue weighted by molar-refractivity contribution is 7.99. The SMILES string of the molecule is CNC(C)(CCCCSc1ccccc1Cl)C(=O)OC. The van der Waals surface area contributed by atoms with Gasteiger partial charge < -0.3 is 10.1 Å². The highest BCUT2D eigenvalue weighted by Crippen LogP contribution is 2.27. The number of esters is 1. The summed E-state index contributed by atoms with van der Waals surface area (Å²) in [7, 11) is 3.21. The van der Waals surface area contributed by atoms with Crippen LogP contribution in [0.4, 0.5) is 0 Å². The maximum atomic E-state index is 11.7. The summed E-state index contributed by atoms with van der Waals surface area (Å²) in [6.45, 7) is 1.88. The van der Waals surface area contributed by atoms with Crippen LogP contribution in [0.25, 0.3) is 0 Å². The number of hydrogen-bond acceptors (Lipinski definition) is 4. The van der Waals surface area contributed by atoms with Gasteiger partial charge in [0, 0.05) is 4.90 Å². The summed E-state index contributed by atoms with van der Waals surface area (Å²) < 4.78 is 4.82. The van der Waals surface area contributed by atoms with E-state index in [-0.39, 0.29) is 5.97 Å². The molecule has 0 amide bonds. The molecule has 0 fully saturated rings. The van der Waals surface area contributed by atoms with Gasteiger partial charge in [-0.1, -0.05) is 30.2 Å². The second kappa shape index (κ2) is 8.55. The standard InChI is InChI=1S/C15H22ClNO2S/c1-15(17-2,14(18)19-3)10-6-7-11-20-13-9-5-4-8-12(13)16/h4-5,8-9,17H,6-7,10-11H2,1-3H3. The Morgan fingerprint density at radius 3 is 2.70 bits per heavy atom. The van der Waals surface area contributed by atoms with Crippen LogP contribution in [-0.4, -0.2) is 31.4 Å². The van der Waals surface area contributed by atoms with E-state index in [4.69, 9.17) is 16.3 Å². The summed E-state index contributed by atoms with van der Waals surface area (Å²) >= 11 is 7.85. The molecule has 1 rings (SSSR count). The summed E-state index contributed by atoms with van der Waals surface area (Å²) in [6.07, 6.45) is 2.76. The van der Waals surface area contributed by atoms with Gasteiger partial charge in [0.15, 0.2) is 0 Å². The Bertz CT molecular complexity index is 442. The molecular weight excluding hydrogens is 294 g/mol. The maximum absolute atomic E-state index is 11.7. The van der Waals surface area contributed by atoms with Gasteiger partial charge in [-0.3, -0.25) is 4.79 Å². The van der Waals surface area contributed by atoms with Crippen LogP contribution in [0.2, 0.25) is 5.02 Å². The Morgan fingerprint density at radius 2 is 2.10 bits per heavy atom. The van der Waals surface area contributed by atoms with E-state index in [2.05, 4.69) is 5.32 Å². The average Bonchev–Trinajstić information content (AvgIpc) is 2.47. The van der Waals surface area contributed by atoms with Crippen LogP contribution >= 0.6 is 23.4 Å². The van der Waals surface area contributed by atoms with E-state index in [9.17, 15) is 4.79 Å². The molecule has 20 heavy (non-hydrogen) atoms. The Labute approximate surface area is 130 Å². The Kier molecular flexibility index (Phi) is 7.41. The van der Waals surface area contributed by atoms with Crippen molar-refractivity contribution in [1.82, 2.24) is 5.32 Å². The summed E-state index contributed by atoms with van der Waals surface area (Å²) in [5, 5.41) is 3.84. The molecule has 0 saturated carbocycles. The van der Waals surface area contributed by atoms with Crippen molar-refractivity contribution in [2.45, 2.75) is 36.6 Å². The van der Waals surface area contributed by atoms with Crippen molar-refractivity contribution in [3.63, 3.8) is 0 Å². The number of carbonyl (C=O) groups is 1. The molecule has 0 radical (unpaired) electrons. The number of benzene rings is 1. The van der Waals surface area contributed by atoms with E-state index in [1.165, 1.54) is 7.11 Å². The van der Waals surface area contributed by atoms with Gasteiger partial charge in [0.2, 0.25) is 0 Å². The largest absolute Gasteiger partial charge is 0.468 e. The minimum atomic E-state index is -0.593. The molecule has 1 aromatic carbocycles. The summed E-state index contributed by atoms with van der Waals surface area (Å²) in [4.78, 5) is 12.8. The van der Waals surface area contributed by atoms with Crippen molar-refractivity contribution >= 4 is 29.3 Å². The van der Waals surface area contributed by atoms with E-state index in [1.54, 1.807) is 18.8 Å². The number of unbranched alkanes of at least 4 members (excludes halogenated alkanes) is 1. The van der Waals surface area contributed by atoms with Gasteiger partial charge in [0.05, 0.1) is 12.1 Å². The minimum Gasteiger partial charge on any atom is -0.468 e. The summed E-state index contributed by atoms with van der Waals surface area (Å²) in [5.74, 6) is 0.781. The zero-order valence-corrected chi connectivity index (χ0v) is 13.8. The van der Waals surface area contributed by atoms with Crippen LogP contribution in [-0.2, 0) is 9.53 Å². The Morgan fingerprint density at radius 1 is 1.40 bits per heavy atom. The average molecular weight is 316 g/mol. The van der Waals surface area contributed by atoms with Gasteiger partial charge in [-0.25, -0.2) is 0 Å². The van der Waals surface area contributed by atoms with Crippen molar-refractivity contribution in [3.05, 3.63) is 29.3 Å². The zero-order chi connectivity index (χ0) is 15.0. The van der Waals surface area contributed by atoms with E-state index in [0.29, 0.717) is 0 Å². The lowest BCUT2D eigenvalue weighted by molar-refractivity contribution is -0.148. The molecule has 1 N–H and O–H groups in total. The lowest BCUT2D eigenvalue weighted by Crippen LogP contribution is -2.48. The number of ether oxygens (including phenoxy) is 1. The van der Waals surface area contributed by atoms with Crippen LogP contribution in [0.5, 0.6) is 0 Å². The molecule has 112 valence electrons. The second-order valence-electron chi connectivity index (χ2n) is 4.81. The molecule has 0 aliphatic carbocycles. The molecule has 3 nitrogen and oxygen atoms in total. The first-order valence-corrected chi connectivity index (χ1v) is 8.04. The molecule has 1 aromatic rings. The van der Waals surface area contributed by atoms with Gasteiger partial charge in [-0.2, -0.15) is 0 Å². The molecule has 0 aliphatic heterocycles. The van der Waals surface area contributed by atoms with E-state index < -0.39 is 5.54 Å². The molecule has 0 spiro atoms. The molecule has 1 unspecified atom stereocenters. The van der Waals surface area contributed by atoms with Crippen molar-refractivity contribution in [3.8, 4) is 0 Å². The number of likely N-dealkylation sites (N-methyl/N-ethyl adjacent to an activating group) is 1. The molecule has 0 aliphatic rings. The van der Waals surface area contributed by atoms with Crippen molar-refractivity contribution in [2.24, 2.45) is 0 Å². The first-order valence-electron chi connectivity index (χ1n) is 6.68. The topological polar surface area (TPSA) is 38.3 Å². The fourth-order valence-electron chi connectivity index (χ4n) is 1.88. The van der Waals surface area contributed by atoms with Crippen LogP contribution in [0.15, 0.2) is 29.2 Å². The fourth-order valence-corrected chi connectivity index (χ4v) is 3.13. The third-order valence-corrected chi connectivity index (χ3v) is 4.95. The van der Waals surface area contributed by atoms with E-state index in [0.717, 1.165) is 34.9 Å². The molecule has 0 heterocycles. The van der Waals surface area contributed by atoms with Gasteiger partial charge in [0.1, 0.15) is 5.54 Å². The number of halogens is 1. The number of thioether (sulfide) groups is 1. The summed E-state index contributed by atoms with van der Waals surface area (Å²) in [5.41, 5.74) is -0.593. The quantitative estimate of drug-likeness (QED) is 0.450. The first-order chi connectivity index (χ1) is 9.53. The number of nitrogens with one attached hydrogen (secondary N) is 1. The molecule has 0 saturated heterocycles. The first kappa shape index (κ1) is 17.3. The third-order valence-electron chi connectivity index (χ3n) is 3.35. The summed E-state index contributed by atoms with van der Waals surface area (Å²) in [6, 6.07) is 7.85. The molecule has 0 bridgehead atoms. The predicted octanol–water partition coefficient (Wildman–Crippen LogP) is 3.75. The van der Waals surface area contributed by atoms with Crippen LogP contribution in [0.3, 0.4) is 0 Å². The molecular formula is C15H22ClNO2S. The lowest BCUT2D eigenvalue weighted by Gasteiger charge is -2.25. The normalized spacial score (nSPS) is 13.8. The third kappa shape index (κ3) is 5.00. The second-order valence-corrected chi connectivity index (χ2v) is 6.35. The van der Waals surface area contributed by atoms with Crippen molar-refractivity contribution < 1.29 is 9.53 Å². The number of rotatable bonds is 8. The van der Waals surface area contributed by atoms with Gasteiger partial charge in [0.25, 0.3) is 0 Å². The number of hydrogen-bond donors (Lipinski definition) is 1. The predicted molar refractivity (Wildman–Crippen MR) is 85.5 cm³/mol. The maximum Gasteiger partial charge on any atom is 0.325 e. The van der Waals surface area contributed by atoms with Gasteiger partial charge >= 0.3 is 5.97 Å². The lowest BCUT2D eigenvalue weighted by atomic mass is 9.95. The number of carbonyl (C=O) groups excluding carboxylic acids is 1. The van der Waals surface area contributed by atoms with Crippen molar-refractivity contribution in [2.75, 3.05) is 19.9 Å². The highest BCUT2D eigenvalue weighted by Gasteiger charge is 2.31. The monoisotopic (exact) mass is 315 g/mol. The van der Waals surface area contributed by atoms with Gasteiger partial charge in [-0.15, -0.1) is 11.8 Å². The van der Waals surface area contributed by atoms with E-state index >= 15 is 0 Å². The van der Waals surface area contributed by atoms with Crippen LogP contribution < -0.4 is 5.32 Å². The zero-order valence-electron chi connectivity index (χ0n) is 12.2. The highest BCUT2D eigenvalue weighted by atomic mass is 35.5. The molecule has 5 heteroatoms. The smallest absolute Gasteiger partial charge is 0.325 e. The minimum absolute atomic E-state index is 0.209. The Balaban J connectivity index is 2.31. The fraction of sp³-hybridized carbons (Fsp3) is 0.533. The number of methoxy groups -OCH3 is 1. The van der Waals surface area contributed by atoms with Crippen LogP contribution in [0.1, 0.15) is 26.2 Å². The Hall–Kier alpha value is -0.710. The van der Waals surface area contributed by atoms with Crippen LogP contribution in [0, 0.1) is 0 Å². The molecule has 1 atom stereocenters. The molecule has 0 aromatic heterocycles. The van der Waals surface area contributed by atoms with E-state index in [1.807, 2.05) is 31.2 Å². The van der Waals surface area contributed by atoms with Gasteiger partial charge in [-0.05, 0) is 44.7 Å². The van der Waals surface area contributed by atoms with Crippen molar-refractivity contribution in [1.29, 1.82) is 0 Å².